The van der Waals surface area contributed by atoms with Crippen LogP contribution in [0.15, 0.2) is 30.3 Å². The third kappa shape index (κ3) is 2.50. The number of benzene rings is 1. The van der Waals surface area contributed by atoms with Crippen LogP contribution in [0.1, 0.15) is 37.8 Å². The molecule has 1 aliphatic heterocycles. The summed E-state index contributed by atoms with van der Waals surface area (Å²) in [5, 5.41) is 3.48. The topological polar surface area (TPSA) is 29.1 Å². The molecule has 0 aromatic heterocycles. The molecule has 0 amide bonds. The van der Waals surface area contributed by atoms with Gasteiger partial charge in [-0.1, -0.05) is 37.3 Å². The van der Waals surface area contributed by atoms with E-state index in [2.05, 4.69) is 29.6 Å². The van der Waals surface area contributed by atoms with Gasteiger partial charge in [0.25, 0.3) is 0 Å². The van der Waals surface area contributed by atoms with Gasteiger partial charge in [-0.05, 0) is 18.4 Å². The molecule has 16 heavy (non-hydrogen) atoms. The lowest BCUT2D eigenvalue weighted by Crippen LogP contribution is -2.36. The predicted octanol–water partition coefficient (Wildman–Crippen LogP) is 2.71. The second-order valence-electron chi connectivity index (χ2n) is 4.47. The van der Waals surface area contributed by atoms with Crippen LogP contribution in [0, 0.1) is 5.92 Å². The van der Waals surface area contributed by atoms with Gasteiger partial charge in [0, 0.05) is 24.9 Å². The molecule has 1 aromatic rings. The van der Waals surface area contributed by atoms with Crippen molar-refractivity contribution < 1.29 is 4.79 Å². The van der Waals surface area contributed by atoms with Crippen LogP contribution in [0.4, 0.5) is 0 Å². The van der Waals surface area contributed by atoms with Crippen LogP contribution in [0.2, 0.25) is 0 Å². The average molecular weight is 217 g/mol. The van der Waals surface area contributed by atoms with E-state index in [-0.39, 0.29) is 5.92 Å². The highest BCUT2D eigenvalue weighted by atomic mass is 16.1. The lowest BCUT2D eigenvalue weighted by atomic mass is 9.88. The Labute approximate surface area is 97.1 Å². The largest absolute Gasteiger partial charge is 0.309 e. The van der Waals surface area contributed by atoms with Crippen LogP contribution in [-0.2, 0) is 4.79 Å². The number of Topliss-reactive ketones (excluding diaryl/α,β-unsaturated/α-hetero) is 1. The number of carbonyl (C=O) groups excluding carboxylic acids is 1. The molecule has 1 heterocycles. The first-order chi connectivity index (χ1) is 7.81. The number of hydrogen-bond donors (Lipinski definition) is 1. The molecule has 0 aliphatic carbocycles. The molecule has 2 heteroatoms. The SMILES string of the molecule is CCC(=O)C1CCC(c2ccccc2)NC1. The van der Waals surface area contributed by atoms with E-state index in [1.165, 1.54) is 5.56 Å². The van der Waals surface area contributed by atoms with Crippen molar-refractivity contribution in [1.82, 2.24) is 5.32 Å². The van der Waals surface area contributed by atoms with Crippen LogP contribution >= 0.6 is 0 Å². The minimum absolute atomic E-state index is 0.241. The summed E-state index contributed by atoms with van der Waals surface area (Å²) in [4.78, 5) is 11.6. The Hall–Kier alpha value is -1.15. The summed E-state index contributed by atoms with van der Waals surface area (Å²) in [6.07, 6.45) is 2.77. The number of rotatable bonds is 3. The van der Waals surface area contributed by atoms with E-state index in [1.54, 1.807) is 0 Å². The minimum atomic E-state index is 0.241. The van der Waals surface area contributed by atoms with Crippen molar-refractivity contribution in [2.45, 2.75) is 32.2 Å². The first-order valence-corrected chi connectivity index (χ1v) is 6.12. The monoisotopic (exact) mass is 217 g/mol. The molecule has 1 N–H and O–H groups in total. The number of carbonyl (C=O) groups is 1. The van der Waals surface area contributed by atoms with E-state index < -0.39 is 0 Å². The molecule has 0 radical (unpaired) electrons. The molecule has 2 unspecified atom stereocenters. The zero-order chi connectivity index (χ0) is 11.4. The number of piperidine rings is 1. The molecule has 0 bridgehead atoms. The smallest absolute Gasteiger partial charge is 0.136 e. The maximum absolute atomic E-state index is 11.6. The molecule has 1 aromatic carbocycles. The summed E-state index contributed by atoms with van der Waals surface area (Å²) >= 11 is 0. The van der Waals surface area contributed by atoms with Crippen LogP contribution in [0.3, 0.4) is 0 Å². The number of nitrogens with one attached hydrogen (secondary N) is 1. The van der Waals surface area contributed by atoms with Crippen LogP contribution in [0.25, 0.3) is 0 Å². The lowest BCUT2D eigenvalue weighted by Gasteiger charge is -2.29. The average Bonchev–Trinajstić information content (AvgIpc) is 2.39. The Kier molecular flexibility index (Phi) is 3.73. The molecule has 1 saturated heterocycles. The fourth-order valence-corrected chi connectivity index (χ4v) is 2.39. The Balaban J connectivity index is 1.93. The quantitative estimate of drug-likeness (QED) is 0.843. The summed E-state index contributed by atoms with van der Waals surface area (Å²) < 4.78 is 0. The first kappa shape index (κ1) is 11.3. The zero-order valence-electron chi connectivity index (χ0n) is 9.78. The van der Waals surface area contributed by atoms with E-state index in [1.807, 2.05) is 13.0 Å². The van der Waals surface area contributed by atoms with E-state index in [9.17, 15) is 4.79 Å². The summed E-state index contributed by atoms with van der Waals surface area (Å²) in [6, 6.07) is 10.9. The second kappa shape index (κ2) is 5.26. The molecular weight excluding hydrogens is 198 g/mol. The van der Waals surface area contributed by atoms with Gasteiger partial charge in [-0.2, -0.15) is 0 Å². The highest BCUT2D eigenvalue weighted by molar-refractivity contribution is 5.81. The standard InChI is InChI=1S/C14H19NO/c1-2-14(16)12-8-9-13(15-10-12)11-6-4-3-5-7-11/h3-7,12-13,15H,2,8-10H2,1H3. The first-order valence-electron chi connectivity index (χ1n) is 6.12. The Morgan fingerprint density at radius 2 is 2.06 bits per heavy atom. The third-order valence-corrected chi connectivity index (χ3v) is 3.42. The van der Waals surface area contributed by atoms with Gasteiger partial charge < -0.3 is 5.32 Å². The maximum Gasteiger partial charge on any atom is 0.136 e. The van der Waals surface area contributed by atoms with Gasteiger partial charge >= 0.3 is 0 Å². The van der Waals surface area contributed by atoms with Gasteiger partial charge in [0.15, 0.2) is 0 Å². The second-order valence-corrected chi connectivity index (χ2v) is 4.47. The molecule has 0 saturated carbocycles. The van der Waals surface area contributed by atoms with Crippen LogP contribution in [-0.4, -0.2) is 12.3 Å². The van der Waals surface area contributed by atoms with Crippen LogP contribution in [0.5, 0.6) is 0 Å². The van der Waals surface area contributed by atoms with E-state index >= 15 is 0 Å². The van der Waals surface area contributed by atoms with Gasteiger partial charge in [0.1, 0.15) is 5.78 Å². The van der Waals surface area contributed by atoms with Crippen molar-refractivity contribution in [2.75, 3.05) is 6.54 Å². The van der Waals surface area contributed by atoms with E-state index in [4.69, 9.17) is 0 Å². The van der Waals surface area contributed by atoms with E-state index in [0.29, 0.717) is 18.2 Å². The lowest BCUT2D eigenvalue weighted by molar-refractivity contribution is -0.123. The van der Waals surface area contributed by atoms with Gasteiger partial charge in [0.05, 0.1) is 0 Å². The van der Waals surface area contributed by atoms with Crippen molar-refractivity contribution in [1.29, 1.82) is 0 Å². The fourth-order valence-electron chi connectivity index (χ4n) is 2.39. The fraction of sp³-hybridized carbons (Fsp3) is 0.500. The summed E-state index contributed by atoms with van der Waals surface area (Å²) in [6.45, 7) is 2.79. The number of hydrogen-bond acceptors (Lipinski definition) is 2. The normalized spacial score (nSPS) is 25.3. The van der Waals surface area contributed by atoms with Crippen molar-refractivity contribution in [3.63, 3.8) is 0 Å². The summed E-state index contributed by atoms with van der Waals surface area (Å²) in [5.41, 5.74) is 1.34. The molecule has 2 rings (SSSR count). The Bertz CT molecular complexity index is 339. The molecule has 0 spiro atoms. The highest BCUT2D eigenvalue weighted by Gasteiger charge is 2.25. The molecule has 1 aliphatic rings. The zero-order valence-corrected chi connectivity index (χ0v) is 9.78. The summed E-state index contributed by atoms with van der Waals surface area (Å²) in [7, 11) is 0. The highest BCUT2D eigenvalue weighted by Crippen LogP contribution is 2.26. The number of ketones is 1. The van der Waals surface area contributed by atoms with Gasteiger partial charge in [-0.3, -0.25) is 4.79 Å². The minimum Gasteiger partial charge on any atom is -0.309 e. The Morgan fingerprint density at radius 3 is 2.62 bits per heavy atom. The van der Waals surface area contributed by atoms with Crippen molar-refractivity contribution in [2.24, 2.45) is 5.92 Å². The Morgan fingerprint density at radius 1 is 1.31 bits per heavy atom. The molecular formula is C14H19NO. The summed E-state index contributed by atoms with van der Waals surface area (Å²) in [5.74, 6) is 0.643. The van der Waals surface area contributed by atoms with Gasteiger partial charge in [-0.15, -0.1) is 0 Å². The molecule has 86 valence electrons. The van der Waals surface area contributed by atoms with Crippen molar-refractivity contribution in [3.05, 3.63) is 35.9 Å². The van der Waals surface area contributed by atoms with Crippen molar-refractivity contribution in [3.8, 4) is 0 Å². The van der Waals surface area contributed by atoms with Gasteiger partial charge in [-0.25, -0.2) is 0 Å². The van der Waals surface area contributed by atoms with Crippen molar-refractivity contribution >= 4 is 5.78 Å². The third-order valence-electron chi connectivity index (χ3n) is 3.42. The maximum atomic E-state index is 11.6. The van der Waals surface area contributed by atoms with Gasteiger partial charge in [0.2, 0.25) is 0 Å². The van der Waals surface area contributed by atoms with Crippen LogP contribution < -0.4 is 5.32 Å². The predicted molar refractivity (Wildman–Crippen MR) is 65.2 cm³/mol. The molecule has 1 fully saturated rings. The molecule has 2 nitrogen and oxygen atoms in total. The van der Waals surface area contributed by atoms with E-state index in [0.717, 1.165) is 19.4 Å². The molecule has 2 atom stereocenters.